The number of halogens is 1. The van der Waals surface area contributed by atoms with Crippen LogP contribution in [0.25, 0.3) is 11.0 Å². The molecule has 6 heteroatoms. The van der Waals surface area contributed by atoms with Crippen molar-refractivity contribution in [3.05, 3.63) is 69.8 Å². The van der Waals surface area contributed by atoms with E-state index >= 15 is 0 Å². The Morgan fingerprint density at radius 3 is 2.62 bits per heavy atom. The molecule has 1 aromatic heterocycles. The molecule has 0 bridgehead atoms. The lowest BCUT2D eigenvalue weighted by Gasteiger charge is -2.15. The average Bonchev–Trinajstić information content (AvgIpc) is 2.57. The zero-order chi connectivity index (χ0) is 18.8. The maximum atomic E-state index is 13.6. The highest BCUT2D eigenvalue weighted by Gasteiger charge is 2.16. The number of hydrogen-bond donors (Lipinski definition) is 1. The van der Waals surface area contributed by atoms with Crippen LogP contribution in [0.4, 0.5) is 10.1 Å². The van der Waals surface area contributed by atoms with E-state index in [9.17, 15) is 14.0 Å². The van der Waals surface area contributed by atoms with Gasteiger partial charge in [0.1, 0.15) is 17.1 Å². The van der Waals surface area contributed by atoms with Crippen LogP contribution in [0.5, 0.6) is 5.75 Å². The van der Waals surface area contributed by atoms with Crippen LogP contribution in [0.2, 0.25) is 0 Å². The monoisotopic (exact) mass is 355 g/mol. The molecule has 0 aliphatic heterocycles. The molecule has 0 saturated carbocycles. The van der Waals surface area contributed by atoms with E-state index in [0.29, 0.717) is 22.6 Å². The first-order valence-corrected chi connectivity index (χ1v) is 8.11. The van der Waals surface area contributed by atoms with E-state index in [1.165, 1.54) is 12.1 Å². The molecule has 2 aromatic carbocycles. The standard InChI is InChI=1S/C20H18FNO4/c1-11-4-5-14(9-17(11)21)22-20(24)13(3)25-15-6-7-16-12(2)8-19(23)26-18(16)10-15/h4-10,13H,1-3H3,(H,22,24)/t13-/m1/s1. The summed E-state index contributed by atoms with van der Waals surface area (Å²) in [6.45, 7) is 5.04. The summed E-state index contributed by atoms with van der Waals surface area (Å²) in [5, 5.41) is 3.40. The van der Waals surface area contributed by atoms with Crippen LogP contribution in [-0.2, 0) is 4.79 Å². The molecule has 3 rings (SSSR count). The number of carbonyl (C=O) groups is 1. The van der Waals surface area contributed by atoms with Crippen molar-refractivity contribution in [1.82, 2.24) is 0 Å². The summed E-state index contributed by atoms with van der Waals surface area (Å²) in [6, 6.07) is 10.9. The van der Waals surface area contributed by atoms with E-state index in [2.05, 4.69) is 5.32 Å². The molecule has 0 aliphatic rings. The Morgan fingerprint density at radius 2 is 1.88 bits per heavy atom. The van der Waals surface area contributed by atoms with Gasteiger partial charge in [0.2, 0.25) is 0 Å². The maximum absolute atomic E-state index is 13.6. The molecule has 0 fully saturated rings. The topological polar surface area (TPSA) is 68.5 Å². The highest BCUT2D eigenvalue weighted by atomic mass is 19.1. The van der Waals surface area contributed by atoms with Crippen LogP contribution in [0, 0.1) is 19.7 Å². The van der Waals surface area contributed by atoms with Gasteiger partial charge in [0.25, 0.3) is 5.91 Å². The average molecular weight is 355 g/mol. The fraction of sp³-hybridized carbons (Fsp3) is 0.200. The summed E-state index contributed by atoms with van der Waals surface area (Å²) in [7, 11) is 0. The smallest absolute Gasteiger partial charge is 0.336 e. The number of anilines is 1. The first kappa shape index (κ1) is 17.7. The zero-order valence-electron chi connectivity index (χ0n) is 14.6. The van der Waals surface area contributed by atoms with Gasteiger partial charge in [-0.2, -0.15) is 0 Å². The van der Waals surface area contributed by atoms with Gasteiger partial charge in [-0.25, -0.2) is 9.18 Å². The van der Waals surface area contributed by atoms with Crippen LogP contribution < -0.4 is 15.7 Å². The van der Waals surface area contributed by atoms with Gasteiger partial charge in [-0.05, 0) is 56.2 Å². The summed E-state index contributed by atoms with van der Waals surface area (Å²) >= 11 is 0. The summed E-state index contributed by atoms with van der Waals surface area (Å²) in [6.07, 6.45) is -0.826. The highest BCUT2D eigenvalue weighted by Crippen LogP contribution is 2.23. The van der Waals surface area contributed by atoms with Gasteiger partial charge in [0.15, 0.2) is 6.10 Å². The molecule has 1 atom stereocenters. The van der Waals surface area contributed by atoms with Gasteiger partial charge < -0.3 is 14.5 Å². The van der Waals surface area contributed by atoms with Crippen molar-refractivity contribution in [3.8, 4) is 5.75 Å². The lowest BCUT2D eigenvalue weighted by atomic mass is 10.1. The molecule has 0 unspecified atom stereocenters. The minimum atomic E-state index is -0.826. The Balaban J connectivity index is 1.75. The fourth-order valence-electron chi connectivity index (χ4n) is 2.55. The van der Waals surface area contributed by atoms with Crippen molar-refractivity contribution in [2.75, 3.05) is 5.32 Å². The summed E-state index contributed by atoms with van der Waals surface area (Å²) < 4.78 is 24.4. The molecule has 134 valence electrons. The SMILES string of the molecule is Cc1ccc(NC(=O)[C@@H](C)Oc2ccc3c(C)cc(=O)oc3c2)cc1F. The van der Waals surface area contributed by atoms with Gasteiger partial charge in [0, 0.05) is 23.2 Å². The van der Waals surface area contributed by atoms with Crippen molar-refractivity contribution in [2.24, 2.45) is 0 Å². The third-order valence-corrected chi connectivity index (χ3v) is 4.04. The van der Waals surface area contributed by atoms with E-state index in [1.807, 2.05) is 6.92 Å². The van der Waals surface area contributed by atoms with E-state index in [-0.39, 0.29) is 0 Å². The third-order valence-electron chi connectivity index (χ3n) is 4.04. The van der Waals surface area contributed by atoms with Gasteiger partial charge in [0.05, 0.1) is 0 Å². The van der Waals surface area contributed by atoms with E-state index in [0.717, 1.165) is 10.9 Å². The lowest BCUT2D eigenvalue weighted by Crippen LogP contribution is -2.30. The van der Waals surface area contributed by atoms with E-state index in [4.69, 9.17) is 9.15 Å². The Bertz CT molecular complexity index is 1040. The lowest BCUT2D eigenvalue weighted by molar-refractivity contribution is -0.122. The number of nitrogens with one attached hydrogen (secondary N) is 1. The van der Waals surface area contributed by atoms with Crippen LogP contribution >= 0.6 is 0 Å². The minimum absolute atomic E-state index is 0.355. The van der Waals surface area contributed by atoms with Crippen LogP contribution in [-0.4, -0.2) is 12.0 Å². The van der Waals surface area contributed by atoms with E-state index < -0.39 is 23.5 Å². The summed E-state index contributed by atoms with van der Waals surface area (Å²) in [5.74, 6) is -0.417. The predicted octanol–water partition coefficient (Wildman–Crippen LogP) is 3.95. The molecule has 1 N–H and O–H groups in total. The third kappa shape index (κ3) is 3.74. The van der Waals surface area contributed by atoms with Crippen molar-refractivity contribution in [2.45, 2.75) is 26.9 Å². The normalized spacial score (nSPS) is 12.0. The molecule has 26 heavy (non-hydrogen) atoms. The first-order chi connectivity index (χ1) is 12.3. The predicted molar refractivity (Wildman–Crippen MR) is 97.1 cm³/mol. The number of ether oxygens (including phenoxy) is 1. The van der Waals surface area contributed by atoms with Gasteiger partial charge in [-0.3, -0.25) is 4.79 Å². The van der Waals surface area contributed by atoms with Gasteiger partial charge in [-0.1, -0.05) is 6.07 Å². The minimum Gasteiger partial charge on any atom is -0.481 e. The van der Waals surface area contributed by atoms with Crippen LogP contribution in [0.15, 0.2) is 51.7 Å². The van der Waals surface area contributed by atoms with Crippen LogP contribution in [0.3, 0.4) is 0 Å². The molecule has 1 amide bonds. The molecular weight excluding hydrogens is 337 g/mol. The second-order valence-corrected chi connectivity index (χ2v) is 6.12. The first-order valence-electron chi connectivity index (χ1n) is 8.11. The Hall–Kier alpha value is -3.15. The molecular formula is C20H18FNO4. The molecule has 1 heterocycles. The zero-order valence-corrected chi connectivity index (χ0v) is 14.6. The van der Waals surface area contributed by atoms with Crippen molar-refractivity contribution < 1.29 is 18.3 Å². The Labute approximate surface area is 149 Å². The van der Waals surface area contributed by atoms with Crippen molar-refractivity contribution in [3.63, 3.8) is 0 Å². The molecule has 3 aromatic rings. The quantitative estimate of drug-likeness (QED) is 0.720. The number of fused-ring (bicyclic) bond motifs is 1. The largest absolute Gasteiger partial charge is 0.481 e. The Kier molecular flexibility index (Phi) is 4.75. The van der Waals surface area contributed by atoms with Gasteiger partial charge in [-0.15, -0.1) is 0 Å². The Morgan fingerprint density at radius 1 is 1.12 bits per heavy atom. The van der Waals surface area contributed by atoms with Crippen molar-refractivity contribution >= 4 is 22.6 Å². The van der Waals surface area contributed by atoms with Crippen LogP contribution in [0.1, 0.15) is 18.1 Å². The number of hydrogen-bond acceptors (Lipinski definition) is 4. The number of benzene rings is 2. The number of carbonyl (C=O) groups excluding carboxylic acids is 1. The number of aryl methyl sites for hydroxylation is 2. The fourth-order valence-corrected chi connectivity index (χ4v) is 2.55. The molecule has 0 radical (unpaired) electrons. The van der Waals surface area contributed by atoms with Crippen molar-refractivity contribution in [1.29, 1.82) is 0 Å². The number of rotatable bonds is 4. The second-order valence-electron chi connectivity index (χ2n) is 6.12. The summed E-state index contributed by atoms with van der Waals surface area (Å²) in [5.41, 5.74) is 1.60. The maximum Gasteiger partial charge on any atom is 0.336 e. The molecule has 5 nitrogen and oxygen atoms in total. The molecule has 0 saturated heterocycles. The second kappa shape index (κ2) is 7.00. The molecule has 0 aliphatic carbocycles. The number of amides is 1. The van der Waals surface area contributed by atoms with E-state index in [1.54, 1.807) is 44.2 Å². The van der Waals surface area contributed by atoms with Gasteiger partial charge >= 0.3 is 5.63 Å². The molecule has 0 spiro atoms. The highest BCUT2D eigenvalue weighted by molar-refractivity contribution is 5.94. The summed E-state index contributed by atoms with van der Waals surface area (Å²) in [4.78, 5) is 23.8.